The molecule has 1 N–H and O–H groups in total. The molecule has 0 saturated heterocycles. The highest BCUT2D eigenvalue weighted by Crippen LogP contribution is 2.31. The fraction of sp³-hybridized carbons (Fsp3) is 0.381. The first kappa shape index (κ1) is 20.6. The Morgan fingerprint density at radius 2 is 2.00 bits per heavy atom. The van der Waals surface area contributed by atoms with Gasteiger partial charge >= 0.3 is 0 Å². The Morgan fingerprint density at radius 3 is 2.64 bits per heavy atom. The zero-order valence-electron chi connectivity index (χ0n) is 17.0. The van der Waals surface area contributed by atoms with Crippen LogP contribution in [-0.2, 0) is 4.79 Å². The molecule has 2 aromatic heterocycles. The van der Waals surface area contributed by atoms with Crippen LogP contribution in [-0.4, -0.2) is 27.3 Å². The average Bonchev–Trinajstić information content (AvgIpc) is 2.91. The van der Waals surface area contributed by atoms with Crippen molar-refractivity contribution >= 4 is 39.2 Å². The molecule has 148 valence electrons. The van der Waals surface area contributed by atoms with Gasteiger partial charge in [0.15, 0.2) is 5.16 Å². The van der Waals surface area contributed by atoms with E-state index in [4.69, 9.17) is 4.98 Å². The lowest BCUT2D eigenvalue weighted by atomic mass is 10.1. The highest BCUT2D eigenvalue weighted by Gasteiger charge is 2.22. The van der Waals surface area contributed by atoms with Crippen molar-refractivity contribution in [2.45, 2.75) is 51.9 Å². The van der Waals surface area contributed by atoms with E-state index >= 15 is 0 Å². The summed E-state index contributed by atoms with van der Waals surface area (Å²) in [5.74, 6) is -0.0624. The summed E-state index contributed by atoms with van der Waals surface area (Å²) in [4.78, 5) is 32.4. The van der Waals surface area contributed by atoms with E-state index in [0.717, 1.165) is 32.1 Å². The van der Waals surface area contributed by atoms with Crippen LogP contribution in [0, 0.1) is 27.7 Å². The summed E-state index contributed by atoms with van der Waals surface area (Å²) in [6.45, 7) is 12.3. The topological polar surface area (TPSA) is 64.0 Å². The van der Waals surface area contributed by atoms with Gasteiger partial charge in [-0.25, -0.2) is 4.98 Å². The quantitative estimate of drug-likeness (QED) is 0.498. The van der Waals surface area contributed by atoms with Gasteiger partial charge < -0.3 is 5.32 Å². The van der Waals surface area contributed by atoms with Crippen molar-refractivity contribution in [3.63, 3.8) is 0 Å². The molecule has 2 heterocycles. The van der Waals surface area contributed by atoms with Gasteiger partial charge in [-0.05, 0) is 58.7 Å². The summed E-state index contributed by atoms with van der Waals surface area (Å²) in [6.07, 6.45) is 0. The molecule has 1 amide bonds. The molecule has 1 atom stereocenters. The molecule has 3 aromatic rings. The lowest BCUT2D eigenvalue weighted by Crippen LogP contribution is -2.31. The van der Waals surface area contributed by atoms with Crippen LogP contribution in [0.5, 0.6) is 0 Å². The number of hydrogen-bond acceptors (Lipinski definition) is 5. The van der Waals surface area contributed by atoms with Crippen LogP contribution >= 0.6 is 23.1 Å². The van der Waals surface area contributed by atoms with Crippen LogP contribution in [0.2, 0.25) is 0 Å². The summed E-state index contributed by atoms with van der Waals surface area (Å²) in [5, 5.41) is 3.69. The Kier molecular flexibility index (Phi) is 5.95. The van der Waals surface area contributed by atoms with Gasteiger partial charge in [-0.2, -0.15) is 0 Å². The van der Waals surface area contributed by atoms with E-state index in [0.29, 0.717) is 17.1 Å². The van der Waals surface area contributed by atoms with Gasteiger partial charge in [-0.3, -0.25) is 14.2 Å². The number of benzene rings is 1. The standard InChI is InChI=1S/C21H25N3O2S2/c1-7-22-18(25)15(6)28-21-23-19-17(13(4)14(5)27-19)20(26)24(21)16-9-8-11(2)10-12(16)3/h8-10,15H,7H2,1-6H3,(H,22,25)/t15-/m0/s1. The molecule has 1 aromatic carbocycles. The molecule has 0 bridgehead atoms. The number of amides is 1. The molecule has 0 fully saturated rings. The zero-order chi connectivity index (χ0) is 20.6. The molecule has 0 aliphatic heterocycles. The normalized spacial score (nSPS) is 12.4. The van der Waals surface area contributed by atoms with Crippen molar-refractivity contribution in [3.8, 4) is 5.69 Å². The molecule has 7 heteroatoms. The number of thiophene rings is 1. The van der Waals surface area contributed by atoms with E-state index in [1.807, 2.05) is 53.7 Å². The van der Waals surface area contributed by atoms with Crippen molar-refractivity contribution in [3.05, 3.63) is 50.1 Å². The molecule has 0 spiro atoms. The zero-order valence-corrected chi connectivity index (χ0v) is 18.7. The average molecular weight is 416 g/mol. The van der Waals surface area contributed by atoms with Gasteiger partial charge in [0, 0.05) is 11.4 Å². The fourth-order valence-corrected chi connectivity index (χ4v) is 5.17. The number of carbonyl (C=O) groups excluding carboxylic acids is 1. The van der Waals surface area contributed by atoms with E-state index < -0.39 is 0 Å². The Balaban J connectivity index is 2.26. The third-order valence-electron chi connectivity index (χ3n) is 4.77. The highest BCUT2D eigenvalue weighted by molar-refractivity contribution is 8.00. The Bertz CT molecular complexity index is 1120. The van der Waals surface area contributed by atoms with Gasteiger partial charge in [0.2, 0.25) is 5.91 Å². The number of aryl methyl sites for hydroxylation is 4. The van der Waals surface area contributed by atoms with Crippen molar-refractivity contribution in [2.75, 3.05) is 6.54 Å². The molecule has 0 saturated carbocycles. The van der Waals surface area contributed by atoms with Crippen molar-refractivity contribution in [2.24, 2.45) is 0 Å². The summed E-state index contributed by atoms with van der Waals surface area (Å²) in [7, 11) is 0. The maximum atomic E-state index is 13.5. The molecule has 5 nitrogen and oxygen atoms in total. The molecular weight excluding hydrogens is 390 g/mol. The third-order valence-corrected chi connectivity index (χ3v) is 6.92. The molecular formula is C21H25N3O2S2. The summed E-state index contributed by atoms with van der Waals surface area (Å²) in [5.41, 5.74) is 3.84. The lowest BCUT2D eigenvalue weighted by molar-refractivity contribution is -0.120. The van der Waals surface area contributed by atoms with Crippen molar-refractivity contribution < 1.29 is 4.79 Å². The number of aromatic nitrogens is 2. The van der Waals surface area contributed by atoms with E-state index in [-0.39, 0.29) is 16.7 Å². The van der Waals surface area contributed by atoms with Crippen LogP contribution in [0.4, 0.5) is 0 Å². The van der Waals surface area contributed by atoms with Gasteiger partial charge in [-0.1, -0.05) is 29.5 Å². The van der Waals surface area contributed by atoms with Crippen molar-refractivity contribution in [1.29, 1.82) is 0 Å². The number of hydrogen-bond donors (Lipinski definition) is 1. The minimum Gasteiger partial charge on any atom is -0.355 e. The monoisotopic (exact) mass is 415 g/mol. The maximum Gasteiger partial charge on any atom is 0.267 e. The van der Waals surface area contributed by atoms with E-state index in [1.54, 1.807) is 4.57 Å². The highest BCUT2D eigenvalue weighted by atomic mass is 32.2. The number of nitrogens with one attached hydrogen (secondary N) is 1. The van der Waals surface area contributed by atoms with Crippen LogP contribution in [0.3, 0.4) is 0 Å². The van der Waals surface area contributed by atoms with Gasteiger partial charge in [0.05, 0.1) is 16.3 Å². The predicted octanol–water partition coefficient (Wildman–Crippen LogP) is 4.30. The second kappa shape index (κ2) is 8.09. The first-order valence-electron chi connectivity index (χ1n) is 9.29. The lowest BCUT2D eigenvalue weighted by Gasteiger charge is -2.17. The molecule has 0 radical (unpaired) electrons. The first-order valence-corrected chi connectivity index (χ1v) is 11.0. The number of thioether (sulfide) groups is 1. The minimum atomic E-state index is -0.358. The summed E-state index contributed by atoms with van der Waals surface area (Å²) in [6, 6.07) is 6.00. The smallest absolute Gasteiger partial charge is 0.267 e. The molecule has 28 heavy (non-hydrogen) atoms. The minimum absolute atomic E-state index is 0.0624. The Morgan fingerprint density at radius 1 is 1.29 bits per heavy atom. The van der Waals surface area contributed by atoms with Crippen LogP contribution in [0.1, 0.15) is 35.4 Å². The van der Waals surface area contributed by atoms with Crippen molar-refractivity contribution in [1.82, 2.24) is 14.9 Å². The Labute approximate surface area is 173 Å². The number of nitrogens with zero attached hydrogens (tertiary/aromatic N) is 2. The van der Waals surface area contributed by atoms with Crippen LogP contribution in [0.15, 0.2) is 28.2 Å². The summed E-state index contributed by atoms with van der Waals surface area (Å²) >= 11 is 2.84. The van der Waals surface area contributed by atoms with E-state index in [1.165, 1.54) is 23.1 Å². The van der Waals surface area contributed by atoms with Gasteiger partial charge in [-0.15, -0.1) is 11.3 Å². The largest absolute Gasteiger partial charge is 0.355 e. The molecule has 0 aliphatic carbocycles. The molecule has 0 unspecified atom stereocenters. The van der Waals surface area contributed by atoms with E-state index in [9.17, 15) is 9.59 Å². The third kappa shape index (κ3) is 3.73. The van der Waals surface area contributed by atoms with Crippen LogP contribution in [0.25, 0.3) is 15.9 Å². The predicted molar refractivity (Wildman–Crippen MR) is 118 cm³/mol. The number of rotatable bonds is 5. The second-order valence-electron chi connectivity index (χ2n) is 6.94. The molecule has 0 aliphatic rings. The number of carbonyl (C=O) groups is 1. The second-order valence-corrected chi connectivity index (χ2v) is 9.45. The maximum absolute atomic E-state index is 13.5. The summed E-state index contributed by atoms with van der Waals surface area (Å²) < 4.78 is 1.66. The molecule has 3 rings (SSSR count). The van der Waals surface area contributed by atoms with Gasteiger partial charge in [0.1, 0.15) is 4.83 Å². The van der Waals surface area contributed by atoms with Gasteiger partial charge in [0.25, 0.3) is 5.56 Å². The van der Waals surface area contributed by atoms with E-state index in [2.05, 4.69) is 11.4 Å². The first-order chi connectivity index (χ1) is 13.2. The SMILES string of the molecule is CCNC(=O)[C@H](C)Sc1nc2sc(C)c(C)c2c(=O)n1-c1ccc(C)cc1C. The fourth-order valence-electron chi connectivity index (χ4n) is 3.15. The number of fused-ring (bicyclic) bond motifs is 1. The Hall–Kier alpha value is -2.12. The van der Waals surface area contributed by atoms with Crippen LogP contribution < -0.4 is 10.9 Å².